The number of aromatic nitrogens is 1. The van der Waals surface area contributed by atoms with Gasteiger partial charge in [-0.1, -0.05) is 17.7 Å². The minimum Gasteiger partial charge on any atom is -0.475 e. The smallest absolute Gasteiger partial charge is 0.417 e. The predicted octanol–water partition coefficient (Wildman–Crippen LogP) is 4.03. The lowest BCUT2D eigenvalue weighted by Gasteiger charge is -2.32. The molecule has 2 aromatic rings. The van der Waals surface area contributed by atoms with E-state index < -0.39 is 17.8 Å². The Hall–Kier alpha value is -3.11. The Labute approximate surface area is 193 Å². The van der Waals surface area contributed by atoms with Crippen molar-refractivity contribution in [2.75, 3.05) is 31.6 Å². The number of amides is 2. The number of hydrogen-bond donors (Lipinski definition) is 1. The number of nitrogens with one attached hydrogen (secondary N) is 1. The van der Waals surface area contributed by atoms with Crippen LogP contribution < -0.4 is 10.1 Å². The van der Waals surface area contributed by atoms with Crippen LogP contribution in [0, 0.1) is 0 Å². The molecule has 176 valence electrons. The Kier molecular flexibility index (Phi) is 7.93. The van der Waals surface area contributed by atoms with Crippen molar-refractivity contribution in [1.82, 2.24) is 9.88 Å². The van der Waals surface area contributed by atoms with Crippen molar-refractivity contribution in [3.05, 3.63) is 58.8 Å². The SMILES string of the molecule is CC(=O)Nc1cc(Cl)ccc1C=CC(=O)N1CCOC(COc2ccc(C(F)(F)F)cn2)C1. The third-order valence-corrected chi connectivity index (χ3v) is 4.90. The summed E-state index contributed by atoms with van der Waals surface area (Å²) in [6, 6.07) is 6.94. The standard InChI is InChI=1S/C22H21ClF3N3O4/c1-14(30)28-19-10-17(23)5-2-15(19)3-7-21(31)29-8-9-32-18(12-29)13-33-20-6-4-16(11-27-20)22(24,25)26/h2-7,10-11,18H,8-9,12-13H2,1H3,(H,28,30). The first kappa shape index (κ1) is 24.5. The molecule has 0 saturated carbocycles. The number of carbonyl (C=O) groups is 2. The van der Waals surface area contributed by atoms with E-state index in [4.69, 9.17) is 21.1 Å². The molecule has 1 N–H and O–H groups in total. The number of hydrogen-bond acceptors (Lipinski definition) is 5. The van der Waals surface area contributed by atoms with Crippen LogP contribution in [-0.4, -0.2) is 54.1 Å². The van der Waals surface area contributed by atoms with Gasteiger partial charge in [0.05, 0.1) is 18.7 Å². The number of ether oxygens (including phenoxy) is 2. The highest BCUT2D eigenvalue weighted by atomic mass is 35.5. The molecule has 0 spiro atoms. The summed E-state index contributed by atoms with van der Waals surface area (Å²) in [6.07, 6.45) is -1.28. The average Bonchev–Trinajstić information content (AvgIpc) is 2.76. The Bertz CT molecular complexity index is 1030. The molecule has 1 atom stereocenters. The lowest BCUT2D eigenvalue weighted by Crippen LogP contribution is -2.47. The van der Waals surface area contributed by atoms with Crippen molar-refractivity contribution in [1.29, 1.82) is 0 Å². The van der Waals surface area contributed by atoms with E-state index in [0.717, 1.165) is 12.1 Å². The number of halogens is 4. The highest BCUT2D eigenvalue weighted by molar-refractivity contribution is 6.31. The van der Waals surface area contributed by atoms with Gasteiger partial charge in [-0.3, -0.25) is 9.59 Å². The molecule has 3 rings (SSSR count). The highest BCUT2D eigenvalue weighted by Gasteiger charge is 2.31. The number of anilines is 1. The van der Waals surface area contributed by atoms with E-state index in [9.17, 15) is 22.8 Å². The second kappa shape index (κ2) is 10.7. The molecule has 0 radical (unpaired) electrons. The van der Waals surface area contributed by atoms with Crippen LogP contribution in [0.2, 0.25) is 5.02 Å². The zero-order valence-electron chi connectivity index (χ0n) is 17.6. The third-order valence-electron chi connectivity index (χ3n) is 4.66. The summed E-state index contributed by atoms with van der Waals surface area (Å²) in [7, 11) is 0. The van der Waals surface area contributed by atoms with Gasteiger partial charge in [-0.05, 0) is 29.8 Å². The number of carbonyl (C=O) groups excluding carboxylic acids is 2. The number of pyridine rings is 1. The van der Waals surface area contributed by atoms with E-state index in [1.165, 1.54) is 13.0 Å². The van der Waals surface area contributed by atoms with Gasteiger partial charge in [-0.25, -0.2) is 4.98 Å². The van der Waals surface area contributed by atoms with Crippen LogP contribution >= 0.6 is 11.6 Å². The first-order valence-corrected chi connectivity index (χ1v) is 10.3. The van der Waals surface area contributed by atoms with Crippen LogP contribution in [0.5, 0.6) is 5.88 Å². The van der Waals surface area contributed by atoms with Crippen molar-refractivity contribution >= 4 is 35.2 Å². The Morgan fingerprint density at radius 3 is 2.79 bits per heavy atom. The van der Waals surface area contributed by atoms with Crippen LogP contribution in [-0.2, 0) is 20.5 Å². The number of nitrogens with zero attached hydrogens (tertiary/aromatic N) is 2. The van der Waals surface area contributed by atoms with Gasteiger partial charge in [0.15, 0.2) is 0 Å². The third kappa shape index (κ3) is 7.19. The average molecular weight is 484 g/mol. The fourth-order valence-electron chi connectivity index (χ4n) is 3.07. The normalized spacial score (nSPS) is 16.6. The molecule has 11 heteroatoms. The van der Waals surface area contributed by atoms with Crippen molar-refractivity contribution in [2.45, 2.75) is 19.2 Å². The van der Waals surface area contributed by atoms with Crippen LogP contribution in [0.1, 0.15) is 18.1 Å². The molecule has 0 aliphatic carbocycles. The first-order valence-electron chi connectivity index (χ1n) is 9.93. The fraction of sp³-hybridized carbons (Fsp3) is 0.318. The molecule has 1 aromatic carbocycles. The molecule has 33 heavy (non-hydrogen) atoms. The maximum Gasteiger partial charge on any atom is 0.417 e. The zero-order valence-corrected chi connectivity index (χ0v) is 18.3. The number of alkyl halides is 3. The molecular formula is C22H21ClF3N3O4. The summed E-state index contributed by atoms with van der Waals surface area (Å²) in [6.45, 7) is 2.29. The Morgan fingerprint density at radius 1 is 1.33 bits per heavy atom. The van der Waals surface area contributed by atoms with Gasteiger partial charge in [-0.15, -0.1) is 0 Å². The molecule has 1 aromatic heterocycles. The zero-order chi connectivity index (χ0) is 24.0. The summed E-state index contributed by atoms with van der Waals surface area (Å²) in [5.74, 6) is -0.500. The molecule has 2 amide bonds. The summed E-state index contributed by atoms with van der Waals surface area (Å²) in [5, 5.41) is 3.11. The van der Waals surface area contributed by atoms with Crippen LogP contribution in [0.4, 0.5) is 18.9 Å². The van der Waals surface area contributed by atoms with Gasteiger partial charge in [0.25, 0.3) is 0 Å². The van der Waals surface area contributed by atoms with E-state index in [1.54, 1.807) is 29.2 Å². The van der Waals surface area contributed by atoms with Gasteiger partial charge in [0.1, 0.15) is 12.7 Å². The fourth-order valence-corrected chi connectivity index (χ4v) is 3.24. The van der Waals surface area contributed by atoms with Gasteiger partial charge < -0.3 is 19.7 Å². The van der Waals surface area contributed by atoms with E-state index in [2.05, 4.69) is 10.3 Å². The molecule has 1 saturated heterocycles. The molecule has 7 nitrogen and oxygen atoms in total. The molecule has 1 unspecified atom stereocenters. The summed E-state index contributed by atoms with van der Waals surface area (Å²) < 4.78 is 48.8. The lowest BCUT2D eigenvalue weighted by molar-refractivity contribution is -0.137. The van der Waals surface area contributed by atoms with E-state index >= 15 is 0 Å². The van der Waals surface area contributed by atoms with Crippen LogP contribution in [0.3, 0.4) is 0 Å². The minimum absolute atomic E-state index is 0.0235. The quantitative estimate of drug-likeness (QED) is 0.627. The first-order chi connectivity index (χ1) is 15.6. The molecule has 2 heterocycles. The van der Waals surface area contributed by atoms with Crippen molar-refractivity contribution in [3.63, 3.8) is 0 Å². The van der Waals surface area contributed by atoms with Crippen LogP contribution in [0.15, 0.2) is 42.6 Å². The molecule has 0 bridgehead atoms. The van der Waals surface area contributed by atoms with E-state index in [0.29, 0.717) is 29.0 Å². The van der Waals surface area contributed by atoms with Gasteiger partial charge in [0, 0.05) is 42.5 Å². The molecule has 1 aliphatic heterocycles. The van der Waals surface area contributed by atoms with E-state index in [1.807, 2.05) is 0 Å². The summed E-state index contributed by atoms with van der Waals surface area (Å²) >= 11 is 5.97. The van der Waals surface area contributed by atoms with Crippen molar-refractivity contribution in [3.8, 4) is 5.88 Å². The van der Waals surface area contributed by atoms with E-state index in [-0.39, 0.29) is 37.5 Å². The summed E-state index contributed by atoms with van der Waals surface area (Å²) in [5.41, 5.74) is 0.232. The topological polar surface area (TPSA) is 80.8 Å². The van der Waals surface area contributed by atoms with Crippen molar-refractivity contribution in [2.24, 2.45) is 0 Å². The Balaban J connectivity index is 1.57. The number of benzene rings is 1. The second-order valence-corrected chi connectivity index (χ2v) is 7.65. The van der Waals surface area contributed by atoms with Crippen molar-refractivity contribution < 1.29 is 32.2 Å². The highest BCUT2D eigenvalue weighted by Crippen LogP contribution is 2.29. The second-order valence-electron chi connectivity index (χ2n) is 7.22. The number of morpholine rings is 1. The van der Waals surface area contributed by atoms with Crippen LogP contribution in [0.25, 0.3) is 6.08 Å². The monoisotopic (exact) mass is 483 g/mol. The molecular weight excluding hydrogens is 463 g/mol. The maximum absolute atomic E-state index is 12.6. The summed E-state index contributed by atoms with van der Waals surface area (Å²) in [4.78, 5) is 29.2. The number of rotatable bonds is 6. The van der Waals surface area contributed by atoms with Gasteiger partial charge in [-0.2, -0.15) is 13.2 Å². The maximum atomic E-state index is 12.6. The van der Waals surface area contributed by atoms with Gasteiger partial charge in [0.2, 0.25) is 17.7 Å². The molecule has 1 fully saturated rings. The minimum atomic E-state index is -4.47. The Morgan fingerprint density at radius 2 is 2.12 bits per heavy atom. The molecule has 1 aliphatic rings. The predicted molar refractivity (Wildman–Crippen MR) is 116 cm³/mol. The lowest BCUT2D eigenvalue weighted by atomic mass is 10.1. The largest absolute Gasteiger partial charge is 0.475 e. The van der Waals surface area contributed by atoms with Gasteiger partial charge >= 0.3 is 6.18 Å².